The van der Waals surface area contributed by atoms with E-state index < -0.39 is 12.0 Å². The molecule has 1 unspecified atom stereocenters. The second-order valence-corrected chi connectivity index (χ2v) is 4.61. The van der Waals surface area contributed by atoms with Crippen LogP contribution in [0.3, 0.4) is 0 Å². The van der Waals surface area contributed by atoms with E-state index in [2.05, 4.69) is 4.98 Å². The van der Waals surface area contributed by atoms with E-state index in [1.165, 1.54) is 11.3 Å². The van der Waals surface area contributed by atoms with E-state index in [9.17, 15) is 4.79 Å². The number of thiazole rings is 1. The van der Waals surface area contributed by atoms with Crippen LogP contribution in [0.2, 0.25) is 0 Å². The van der Waals surface area contributed by atoms with Gasteiger partial charge in [0.15, 0.2) is 5.01 Å². The van der Waals surface area contributed by atoms with Crippen molar-refractivity contribution in [3.05, 3.63) is 28.8 Å². The molecule has 1 aromatic heterocycles. The van der Waals surface area contributed by atoms with E-state index in [1.807, 2.05) is 12.1 Å². The molecular formula is C11H9N3O2S. The van der Waals surface area contributed by atoms with Gasteiger partial charge in [-0.3, -0.25) is 4.79 Å². The molecule has 0 aliphatic heterocycles. The Morgan fingerprint density at radius 1 is 1.65 bits per heavy atom. The Hall–Kier alpha value is -1.97. The Kier molecular flexibility index (Phi) is 3.04. The van der Waals surface area contributed by atoms with Crippen molar-refractivity contribution in [2.45, 2.75) is 12.5 Å². The predicted molar refractivity (Wildman–Crippen MR) is 63.7 cm³/mol. The molecule has 0 aliphatic carbocycles. The van der Waals surface area contributed by atoms with Crippen LogP contribution in [0, 0.1) is 11.3 Å². The van der Waals surface area contributed by atoms with Crippen molar-refractivity contribution in [3.63, 3.8) is 0 Å². The Morgan fingerprint density at radius 2 is 2.41 bits per heavy atom. The van der Waals surface area contributed by atoms with Gasteiger partial charge in [0.05, 0.1) is 10.2 Å². The lowest BCUT2D eigenvalue weighted by atomic mass is 10.1. The number of carboxylic acid groups (broad SMARTS) is 1. The van der Waals surface area contributed by atoms with Crippen LogP contribution < -0.4 is 5.73 Å². The summed E-state index contributed by atoms with van der Waals surface area (Å²) in [4.78, 5) is 14.7. The lowest BCUT2D eigenvalue weighted by molar-refractivity contribution is -0.138. The number of hydrogen-bond donors (Lipinski definition) is 2. The van der Waals surface area contributed by atoms with Gasteiger partial charge in [-0.1, -0.05) is 6.07 Å². The van der Waals surface area contributed by atoms with Gasteiger partial charge in [-0.25, -0.2) is 4.98 Å². The second kappa shape index (κ2) is 4.49. The Labute approximate surface area is 101 Å². The van der Waals surface area contributed by atoms with Crippen LogP contribution in [0.4, 0.5) is 0 Å². The maximum atomic E-state index is 10.6. The second-order valence-electron chi connectivity index (χ2n) is 3.58. The van der Waals surface area contributed by atoms with E-state index in [1.54, 1.807) is 12.1 Å². The van der Waals surface area contributed by atoms with Gasteiger partial charge in [0.2, 0.25) is 0 Å². The topological polar surface area (TPSA) is 100 Å². The first kappa shape index (κ1) is 11.5. The first-order chi connectivity index (χ1) is 8.10. The summed E-state index contributed by atoms with van der Waals surface area (Å²) in [6, 6.07) is 6.46. The maximum Gasteiger partial charge on any atom is 0.320 e. The Balaban J connectivity index is 2.31. The number of nitriles is 1. The summed E-state index contributed by atoms with van der Waals surface area (Å²) in [5.41, 5.74) is 7.04. The third-order valence-electron chi connectivity index (χ3n) is 2.32. The summed E-state index contributed by atoms with van der Waals surface area (Å²) >= 11 is 1.29. The number of nitrogens with zero attached hydrogens (tertiary/aromatic N) is 2. The molecule has 0 radical (unpaired) electrons. The quantitative estimate of drug-likeness (QED) is 0.846. The minimum absolute atomic E-state index is 0.269. The molecular weight excluding hydrogens is 238 g/mol. The fourth-order valence-electron chi connectivity index (χ4n) is 1.49. The number of rotatable bonds is 3. The summed E-state index contributed by atoms with van der Waals surface area (Å²) in [6.07, 6.45) is 0.269. The number of carbonyl (C=O) groups is 1. The van der Waals surface area contributed by atoms with Crippen LogP contribution in [-0.2, 0) is 11.2 Å². The zero-order chi connectivity index (χ0) is 12.4. The van der Waals surface area contributed by atoms with E-state index in [0.29, 0.717) is 5.01 Å². The molecule has 0 saturated carbocycles. The van der Waals surface area contributed by atoms with Gasteiger partial charge in [-0.15, -0.1) is 11.3 Å². The minimum Gasteiger partial charge on any atom is -0.480 e. The van der Waals surface area contributed by atoms with Crippen LogP contribution in [0.25, 0.3) is 10.2 Å². The Morgan fingerprint density at radius 3 is 3.06 bits per heavy atom. The van der Waals surface area contributed by atoms with E-state index in [-0.39, 0.29) is 6.42 Å². The molecule has 0 saturated heterocycles. The van der Waals surface area contributed by atoms with Gasteiger partial charge in [0, 0.05) is 0 Å². The maximum absolute atomic E-state index is 10.6. The van der Waals surface area contributed by atoms with Crippen molar-refractivity contribution < 1.29 is 9.90 Å². The number of nitrogens with two attached hydrogens (primary N) is 1. The first-order valence-electron chi connectivity index (χ1n) is 4.88. The Bertz CT molecular complexity index is 615. The van der Waals surface area contributed by atoms with Gasteiger partial charge >= 0.3 is 5.97 Å². The van der Waals surface area contributed by atoms with Crippen LogP contribution in [0.5, 0.6) is 0 Å². The highest BCUT2D eigenvalue weighted by Crippen LogP contribution is 2.23. The summed E-state index contributed by atoms with van der Waals surface area (Å²) in [5, 5.41) is 17.8. The SMILES string of the molecule is N#Cc1nc2ccc(CC(N)C(=O)O)cc2s1. The highest BCUT2D eigenvalue weighted by Gasteiger charge is 2.13. The third-order valence-corrected chi connectivity index (χ3v) is 3.24. The lowest BCUT2D eigenvalue weighted by Gasteiger charge is -2.05. The molecule has 0 spiro atoms. The predicted octanol–water partition coefficient (Wildman–Crippen LogP) is 1.12. The summed E-state index contributed by atoms with van der Waals surface area (Å²) in [7, 11) is 0. The summed E-state index contributed by atoms with van der Waals surface area (Å²) < 4.78 is 0.872. The molecule has 1 atom stereocenters. The highest BCUT2D eigenvalue weighted by molar-refractivity contribution is 7.19. The average Bonchev–Trinajstić information content (AvgIpc) is 2.70. The molecule has 0 fully saturated rings. The molecule has 2 rings (SSSR count). The molecule has 3 N–H and O–H groups in total. The van der Waals surface area contributed by atoms with Crippen LogP contribution >= 0.6 is 11.3 Å². The fourth-order valence-corrected chi connectivity index (χ4v) is 2.31. The molecule has 0 bridgehead atoms. The first-order valence-corrected chi connectivity index (χ1v) is 5.70. The largest absolute Gasteiger partial charge is 0.480 e. The van der Waals surface area contributed by atoms with Gasteiger partial charge < -0.3 is 10.8 Å². The zero-order valence-corrected chi connectivity index (χ0v) is 9.57. The number of aromatic nitrogens is 1. The van der Waals surface area contributed by atoms with Gasteiger partial charge in [-0.05, 0) is 24.1 Å². The minimum atomic E-state index is -1.02. The molecule has 17 heavy (non-hydrogen) atoms. The molecule has 5 nitrogen and oxygen atoms in total. The molecule has 1 heterocycles. The number of hydrogen-bond acceptors (Lipinski definition) is 5. The number of fused-ring (bicyclic) bond motifs is 1. The van der Waals surface area contributed by atoms with E-state index in [4.69, 9.17) is 16.1 Å². The highest BCUT2D eigenvalue weighted by atomic mass is 32.1. The van der Waals surface area contributed by atoms with Gasteiger partial charge in [-0.2, -0.15) is 5.26 Å². The van der Waals surface area contributed by atoms with Crippen molar-refractivity contribution in [1.29, 1.82) is 5.26 Å². The van der Waals surface area contributed by atoms with Crippen molar-refractivity contribution >= 4 is 27.5 Å². The van der Waals surface area contributed by atoms with Crippen molar-refractivity contribution in [2.24, 2.45) is 5.73 Å². The summed E-state index contributed by atoms with van der Waals surface area (Å²) in [5.74, 6) is -1.02. The molecule has 2 aromatic rings. The smallest absolute Gasteiger partial charge is 0.320 e. The van der Waals surface area contributed by atoms with E-state index in [0.717, 1.165) is 15.8 Å². The number of benzene rings is 1. The average molecular weight is 247 g/mol. The zero-order valence-electron chi connectivity index (χ0n) is 8.75. The summed E-state index contributed by atoms with van der Waals surface area (Å²) in [6.45, 7) is 0. The van der Waals surface area contributed by atoms with Crippen molar-refractivity contribution in [2.75, 3.05) is 0 Å². The molecule has 1 aromatic carbocycles. The standard InChI is InChI=1S/C11H9N3O2S/c12-5-10-14-8-2-1-6(4-9(8)17-10)3-7(13)11(15)16/h1-2,4,7H,3,13H2,(H,15,16). The monoisotopic (exact) mass is 247 g/mol. The van der Waals surface area contributed by atoms with E-state index >= 15 is 0 Å². The fraction of sp³-hybridized carbons (Fsp3) is 0.182. The third kappa shape index (κ3) is 2.41. The molecule has 0 aliphatic rings. The van der Waals surface area contributed by atoms with Crippen molar-refractivity contribution in [1.82, 2.24) is 4.98 Å². The molecule has 6 heteroatoms. The molecule has 86 valence electrons. The molecule has 0 amide bonds. The normalized spacial score (nSPS) is 12.2. The number of carboxylic acids is 1. The lowest BCUT2D eigenvalue weighted by Crippen LogP contribution is -2.32. The van der Waals surface area contributed by atoms with Crippen LogP contribution in [0.1, 0.15) is 10.6 Å². The van der Waals surface area contributed by atoms with Gasteiger partial charge in [0.1, 0.15) is 12.1 Å². The van der Waals surface area contributed by atoms with Crippen LogP contribution in [0.15, 0.2) is 18.2 Å². The van der Waals surface area contributed by atoms with Crippen molar-refractivity contribution in [3.8, 4) is 6.07 Å². The van der Waals surface area contributed by atoms with Gasteiger partial charge in [0.25, 0.3) is 0 Å². The number of aliphatic carboxylic acids is 1. The van der Waals surface area contributed by atoms with Crippen LogP contribution in [-0.4, -0.2) is 22.1 Å².